The number of carbonyl (C=O) groups is 4. The van der Waals surface area contributed by atoms with Crippen molar-refractivity contribution in [3.63, 3.8) is 0 Å². The number of carboxylic acids is 1. The lowest BCUT2D eigenvalue weighted by Crippen LogP contribution is -2.71. The van der Waals surface area contributed by atoms with Crippen molar-refractivity contribution in [1.29, 1.82) is 0 Å². The van der Waals surface area contributed by atoms with E-state index in [1.54, 1.807) is 22.2 Å². The topological polar surface area (TPSA) is 143 Å². The normalized spacial score (nSPS) is 21.3. The summed E-state index contributed by atoms with van der Waals surface area (Å²) in [5.41, 5.74) is 6.96. The number of nitrogens with one attached hydrogen (secondary N) is 1. The molecule has 4 rings (SSSR count). The minimum atomic E-state index is -1.24. The Balaban J connectivity index is 1.44. The average Bonchev–Trinajstić information content (AvgIpc) is 3.48. The Bertz CT molecular complexity index is 1050. The van der Waals surface area contributed by atoms with Crippen LogP contribution in [0.2, 0.25) is 0 Å². The van der Waals surface area contributed by atoms with Crippen molar-refractivity contribution in [3.8, 4) is 0 Å². The highest BCUT2D eigenvalue weighted by atomic mass is 32.2. The molecule has 31 heavy (non-hydrogen) atoms. The SMILES string of the molecule is NC(C(=O)NC1C(=O)N2C(C(=O)O)=C(CSC(=O)c3nccs3)CS[C@H]12)c1ccsc1. The lowest BCUT2D eigenvalue weighted by molar-refractivity contribution is -0.150. The zero-order chi connectivity index (χ0) is 22.1. The minimum Gasteiger partial charge on any atom is -0.477 e. The summed E-state index contributed by atoms with van der Waals surface area (Å²) in [4.78, 5) is 54.4. The number of β-lactam (4-membered cyclic amide) rings is 1. The summed E-state index contributed by atoms with van der Waals surface area (Å²) in [7, 11) is 0. The first-order valence-corrected chi connectivity index (χ1v) is 12.8. The van der Waals surface area contributed by atoms with Gasteiger partial charge in [-0.15, -0.1) is 23.1 Å². The summed E-state index contributed by atoms with van der Waals surface area (Å²) in [6.07, 6.45) is 1.53. The van der Waals surface area contributed by atoms with Crippen molar-refractivity contribution in [2.75, 3.05) is 11.5 Å². The second kappa shape index (κ2) is 9.12. The van der Waals surface area contributed by atoms with Crippen molar-refractivity contribution in [2.45, 2.75) is 17.5 Å². The van der Waals surface area contributed by atoms with E-state index in [4.69, 9.17) is 5.73 Å². The van der Waals surface area contributed by atoms with Crippen LogP contribution in [0.3, 0.4) is 0 Å². The molecule has 162 valence electrons. The molecule has 1 saturated heterocycles. The summed E-state index contributed by atoms with van der Waals surface area (Å²) in [5.74, 6) is -1.76. The Morgan fingerprint density at radius 1 is 1.39 bits per heavy atom. The molecule has 9 nitrogen and oxygen atoms in total. The van der Waals surface area contributed by atoms with E-state index in [1.165, 1.54) is 45.5 Å². The Kier molecular flexibility index (Phi) is 6.48. The van der Waals surface area contributed by atoms with E-state index in [-0.39, 0.29) is 16.6 Å². The highest BCUT2D eigenvalue weighted by molar-refractivity contribution is 8.14. The Hall–Kier alpha value is -2.19. The van der Waals surface area contributed by atoms with E-state index in [2.05, 4.69) is 10.3 Å². The molecular weight excluding hydrogens is 480 g/mol. The molecule has 2 unspecified atom stereocenters. The monoisotopic (exact) mass is 496 g/mol. The van der Waals surface area contributed by atoms with E-state index >= 15 is 0 Å². The van der Waals surface area contributed by atoms with Crippen molar-refractivity contribution in [2.24, 2.45) is 5.73 Å². The first-order chi connectivity index (χ1) is 14.9. The number of aliphatic carboxylic acids is 1. The third kappa shape index (κ3) is 4.28. The van der Waals surface area contributed by atoms with Gasteiger partial charge in [0.15, 0.2) is 5.01 Å². The number of fused-ring (bicyclic) bond motifs is 1. The molecule has 3 atom stereocenters. The standard InChI is InChI=1S/C18H16N4O5S4/c19-10(8-1-3-28-5-8)13(23)21-11-15(24)22-12(17(25)26)9(6-30-16(11)22)7-31-18(27)14-20-2-4-29-14/h1-5,10-11,16H,6-7,19H2,(H,21,23)(H,25,26)/t10?,11?,16-/m1/s1. The maximum atomic E-state index is 12.7. The van der Waals surface area contributed by atoms with Gasteiger partial charge >= 0.3 is 5.97 Å². The number of thioether (sulfide) groups is 2. The molecule has 0 bridgehead atoms. The van der Waals surface area contributed by atoms with Crippen LogP contribution in [-0.4, -0.2) is 60.8 Å². The van der Waals surface area contributed by atoms with Crippen molar-refractivity contribution >= 4 is 69.1 Å². The lowest BCUT2D eigenvalue weighted by Gasteiger charge is -2.49. The van der Waals surface area contributed by atoms with Crippen molar-refractivity contribution < 1.29 is 24.3 Å². The van der Waals surface area contributed by atoms with E-state index in [9.17, 15) is 24.3 Å². The first kappa shape index (κ1) is 22.0. The van der Waals surface area contributed by atoms with Gasteiger partial charge in [0, 0.05) is 23.1 Å². The quantitative estimate of drug-likeness (QED) is 0.486. The predicted octanol–water partition coefficient (Wildman–Crippen LogP) is 1.52. The van der Waals surface area contributed by atoms with Gasteiger partial charge in [0.25, 0.3) is 5.91 Å². The number of thiophene rings is 1. The summed E-state index contributed by atoms with van der Waals surface area (Å²) < 4.78 is 0. The number of amides is 2. The number of hydrogen-bond acceptors (Lipinski definition) is 10. The number of aromatic nitrogens is 1. The molecule has 4 heterocycles. The van der Waals surface area contributed by atoms with Crippen LogP contribution in [-0.2, 0) is 14.4 Å². The maximum Gasteiger partial charge on any atom is 0.352 e. The molecule has 2 aliphatic heterocycles. The molecule has 0 spiro atoms. The van der Waals surface area contributed by atoms with Crippen LogP contribution in [0.25, 0.3) is 0 Å². The molecule has 2 aromatic rings. The Morgan fingerprint density at radius 2 is 2.19 bits per heavy atom. The fourth-order valence-corrected chi connectivity index (χ4v) is 6.86. The molecule has 0 aromatic carbocycles. The van der Waals surface area contributed by atoms with Crippen molar-refractivity contribution in [1.82, 2.24) is 15.2 Å². The Labute approximate surface area is 193 Å². The van der Waals surface area contributed by atoms with Gasteiger partial charge < -0.3 is 16.2 Å². The van der Waals surface area contributed by atoms with Crippen LogP contribution in [0.15, 0.2) is 39.7 Å². The fourth-order valence-electron chi connectivity index (χ4n) is 3.18. The first-order valence-electron chi connectivity index (χ1n) is 8.93. The number of thiazole rings is 1. The zero-order valence-corrected chi connectivity index (χ0v) is 19.0. The fraction of sp³-hybridized carbons (Fsp3) is 0.278. The van der Waals surface area contributed by atoms with Gasteiger partial charge in [0.05, 0.1) is 0 Å². The molecule has 13 heteroatoms. The summed E-state index contributed by atoms with van der Waals surface area (Å²) >= 11 is 4.93. The molecule has 2 aliphatic rings. The smallest absolute Gasteiger partial charge is 0.352 e. The number of nitrogens with zero attached hydrogens (tertiary/aromatic N) is 2. The molecule has 2 aromatic heterocycles. The Morgan fingerprint density at radius 3 is 2.84 bits per heavy atom. The molecule has 0 aliphatic carbocycles. The summed E-state index contributed by atoms with van der Waals surface area (Å²) in [5, 5.41) is 17.2. The highest BCUT2D eigenvalue weighted by Crippen LogP contribution is 2.41. The van der Waals surface area contributed by atoms with E-state index in [0.29, 0.717) is 21.9 Å². The molecule has 2 amide bonds. The number of hydrogen-bond donors (Lipinski definition) is 3. The molecular formula is C18H16N4O5S4. The van der Waals surface area contributed by atoms with Gasteiger partial charge in [-0.2, -0.15) is 11.3 Å². The number of carbonyl (C=O) groups excluding carboxylic acids is 3. The molecule has 1 fully saturated rings. The van der Waals surface area contributed by atoms with Gasteiger partial charge in [0.1, 0.15) is 23.2 Å². The number of carboxylic acid groups (broad SMARTS) is 1. The second-order valence-electron chi connectivity index (χ2n) is 6.60. The van der Waals surface area contributed by atoms with Crippen LogP contribution in [0.5, 0.6) is 0 Å². The molecule has 0 radical (unpaired) electrons. The van der Waals surface area contributed by atoms with Gasteiger partial charge in [-0.1, -0.05) is 11.8 Å². The third-order valence-corrected chi connectivity index (χ3v) is 8.61. The van der Waals surface area contributed by atoms with Crippen LogP contribution in [0.1, 0.15) is 21.4 Å². The van der Waals surface area contributed by atoms with Gasteiger partial charge in [-0.25, -0.2) is 9.78 Å². The van der Waals surface area contributed by atoms with Crippen LogP contribution in [0.4, 0.5) is 0 Å². The van der Waals surface area contributed by atoms with Crippen LogP contribution < -0.4 is 11.1 Å². The van der Waals surface area contributed by atoms with Gasteiger partial charge in [-0.3, -0.25) is 19.3 Å². The number of nitrogens with two attached hydrogens (primary N) is 1. The predicted molar refractivity (Wildman–Crippen MR) is 120 cm³/mol. The summed E-state index contributed by atoms with van der Waals surface area (Å²) in [6, 6.07) is -0.0100. The van der Waals surface area contributed by atoms with E-state index < -0.39 is 35.2 Å². The minimum absolute atomic E-state index is 0.124. The van der Waals surface area contributed by atoms with Crippen LogP contribution >= 0.6 is 46.2 Å². The van der Waals surface area contributed by atoms with Crippen LogP contribution in [0, 0.1) is 0 Å². The van der Waals surface area contributed by atoms with E-state index in [1.807, 2.05) is 0 Å². The molecule has 0 saturated carbocycles. The third-order valence-electron chi connectivity index (χ3n) is 4.72. The van der Waals surface area contributed by atoms with Gasteiger partial charge in [-0.05, 0) is 28.0 Å². The highest BCUT2D eigenvalue weighted by Gasteiger charge is 2.54. The molecule has 4 N–H and O–H groups in total. The van der Waals surface area contributed by atoms with Crippen molar-refractivity contribution in [3.05, 3.63) is 50.2 Å². The second-order valence-corrected chi connectivity index (χ2v) is 10.3. The largest absolute Gasteiger partial charge is 0.477 e. The maximum absolute atomic E-state index is 12.7. The summed E-state index contributed by atoms with van der Waals surface area (Å²) in [6.45, 7) is 0. The van der Waals surface area contributed by atoms with E-state index in [0.717, 1.165) is 11.8 Å². The van der Waals surface area contributed by atoms with Gasteiger partial charge in [0.2, 0.25) is 11.0 Å². The number of rotatable bonds is 7. The average molecular weight is 497 g/mol. The lowest BCUT2D eigenvalue weighted by atomic mass is 10.0. The zero-order valence-electron chi connectivity index (χ0n) is 15.7.